The first-order valence-corrected chi connectivity index (χ1v) is 8.23. The highest BCUT2D eigenvalue weighted by Crippen LogP contribution is 2.36. The van der Waals surface area contributed by atoms with Gasteiger partial charge in [0.25, 0.3) is 0 Å². The second-order valence-electron chi connectivity index (χ2n) is 5.94. The minimum Gasteiger partial charge on any atom is -0.462 e. The molecule has 3 rings (SSSR count). The average Bonchev–Trinajstić information content (AvgIpc) is 3.02. The second kappa shape index (κ2) is 6.86. The zero-order chi connectivity index (χ0) is 17.1. The van der Waals surface area contributed by atoms with Crippen molar-refractivity contribution in [1.29, 1.82) is 0 Å². The third-order valence-corrected chi connectivity index (χ3v) is 4.23. The van der Waals surface area contributed by atoms with Gasteiger partial charge in [-0.1, -0.05) is 37.6 Å². The number of carbonyl (C=O) groups excluding carboxylic acids is 1. The van der Waals surface area contributed by atoms with Gasteiger partial charge in [-0.3, -0.25) is 0 Å². The highest BCUT2D eigenvalue weighted by atomic mass is 16.5. The molecule has 1 aromatic carbocycles. The molecule has 0 spiro atoms. The maximum Gasteiger partial charge on any atom is 0.338 e. The van der Waals surface area contributed by atoms with E-state index in [9.17, 15) is 4.79 Å². The summed E-state index contributed by atoms with van der Waals surface area (Å²) in [6.07, 6.45) is 3.33. The number of aromatic nitrogens is 3. The molecule has 1 aliphatic rings. The maximum absolute atomic E-state index is 12.7. The number of hydrogen-bond donors (Lipinski definition) is 1. The Kier molecular flexibility index (Phi) is 4.64. The van der Waals surface area contributed by atoms with Crippen molar-refractivity contribution in [2.75, 3.05) is 11.9 Å². The summed E-state index contributed by atoms with van der Waals surface area (Å²) in [5.41, 5.74) is 3.45. The molecule has 6 heteroatoms. The molecule has 0 bridgehead atoms. The summed E-state index contributed by atoms with van der Waals surface area (Å²) in [6.45, 7) is 6.40. The summed E-state index contributed by atoms with van der Waals surface area (Å²) in [5, 5.41) is 7.47. The molecule has 1 aromatic heterocycles. The lowest BCUT2D eigenvalue weighted by Crippen LogP contribution is -2.30. The number of unbranched alkanes of at least 4 members (excludes halogenated alkanes) is 1. The minimum absolute atomic E-state index is 0.303. The Morgan fingerprint density at radius 1 is 1.33 bits per heavy atom. The number of ether oxygens (including phenoxy) is 1. The predicted octanol–water partition coefficient (Wildman–Crippen LogP) is 3.22. The molecule has 2 heterocycles. The molecule has 2 aromatic rings. The van der Waals surface area contributed by atoms with E-state index >= 15 is 0 Å². The first kappa shape index (κ1) is 16.2. The van der Waals surface area contributed by atoms with Crippen LogP contribution in [0, 0.1) is 6.92 Å². The molecule has 0 aliphatic carbocycles. The number of hydrogen-bond acceptors (Lipinski definition) is 5. The number of allylic oxidation sites excluding steroid dienone is 1. The number of nitrogens with one attached hydrogen (secondary N) is 1. The highest BCUT2D eigenvalue weighted by molar-refractivity contribution is 5.92. The lowest BCUT2D eigenvalue weighted by molar-refractivity contribution is -0.139. The van der Waals surface area contributed by atoms with E-state index in [1.807, 2.05) is 38.1 Å². The van der Waals surface area contributed by atoms with Gasteiger partial charge >= 0.3 is 5.97 Å². The Morgan fingerprint density at radius 3 is 2.88 bits per heavy atom. The molecule has 0 fully saturated rings. The number of aryl methyl sites for hydroxylation is 1. The zero-order valence-electron chi connectivity index (χ0n) is 14.2. The molecule has 0 saturated heterocycles. The summed E-state index contributed by atoms with van der Waals surface area (Å²) in [6, 6.07) is 7.67. The molecule has 6 nitrogen and oxygen atoms in total. The number of fused-ring (bicyclic) bond motifs is 1. The molecule has 1 aliphatic heterocycles. The molecule has 0 amide bonds. The maximum atomic E-state index is 12.7. The third-order valence-electron chi connectivity index (χ3n) is 4.23. The fourth-order valence-corrected chi connectivity index (χ4v) is 2.92. The smallest absolute Gasteiger partial charge is 0.338 e. The van der Waals surface area contributed by atoms with Crippen LogP contribution in [0.15, 0.2) is 41.9 Å². The molecular weight excluding hydrogens is 304 g/mol. The van der Waals surface area contributed by atoms with Crippen LogP contribution >= 0.6 is 0 Å². The largest absolute Gasteiger partial charge is 0.462 e. The van der Waals surface area contributed by atoms with E-state index in [-0.39, 0.29) is 12.0 Å². The van der Waals surface area contributed by atoms with Crippen LogP contribution in [0.1, 0.15) is 43.9 Å². The number of rotatable bonds is 5. The Bertz CT molecular complexity index is 779. The van der Waals surface area contributed by atoms with Crippen molar-refractivity contribution >= 4 is 11.9 Å². The van der Waals surface area contributed by atoms with Gasteiger partial charge in [0.15, 0.2) is 0 Å². The first-order chi connectivity index (χ1) is 11.6. The molecule has 0 radical (unpaired) electrons. The van der Waals surface area contributed by atoms with Gasteiger partial charge in [-0.15, -0.1) is 0 Å². The quantitative estimate of drug-likeness (QED) is 0.675. The fraction of sp³-hybridized carbons (Fsp3) is 0.389. The van der Waals surface area contributed by atoms with Gasteiger partial charge in [-0.2, -0.15) is 10.1 Å². The van der Waals surface area contributed by atoms with E-state index in [0.29, 0.717) is 18.1 Å². The van der Waals surface area contributed by atoms with Crippen LogP contribution in [0.25, 0.3) is 0 Å². The summed E-state index contributed by atoms with van der Waals surface area (Å²) >= 11 is 0. The van der Waals surface area contributed by atoms with Gasteiger partial charge in [0.2, 0.25) is 5.95 Å². The minimum atomic E-state index is -0.334. The van der Waals surface area contributed by atoms with E-state index < -0.39 is 0 Å². The van der Waals surface area contributed by atoms with Crippen LogP contribution in [0.3, 0.4) is 0 Å². The van der Waals surface area contributed by atoms with E-state index in [4.69, 9.17) is 4.74 Å². The standard InChI is InChI=1S/C18H22N4O2/c1-4-5-10-24-17(23)15-13(3)21-18-19-11-20-22(18)16(15)14-9-7-6-8-12(14)2/h6-9,11,16H,4-5,10H2,1-3H3,(H,19,20,21). The molecule has 1 N–H and O–H groups in total. The number of benzene rings is 1. The third kappa shape index (κ3) is 2.91. The van der Waals surface area contributed by atoms with Crippen molar-refractivity contribution in [2.45, 2.75) is 39.7 Å². The second-order valence-corrected chi connectivity index (χ2v) is 5.94. The Balaban J connectivity index is 2.04. The van der Waals surface area contributed by atoms with Crippen LogP contribution in [-0.2, 0) is 9.53 Å². The van der Waals surface area contributed by atoms with Crippen LogP contribution in [0.2, 0.25) is 0 Å². The number of esters is 1. The van der Waals surface area contributed by atoms with Crippen LogP contribution in [0.4, 0.5) is 5.95 Å². The van der Waals surface area contributed by atoms with Gasteiger partial charge in [0, 0.05) is 5.70 Å². The fourth-order valence-electron chi connectivity index (χ4n) is 2.92. The van der Waals surface area contributed by atoms with Crippen molar-refractivity contribution in [2.24, 2.45) is 0 Å². The zero-order valence-corrected chi connectivity index (χ0v) is 14.2. The topological polar surface area (TPSA) is 69.0 Å². The Hall–Kier alpha value is -2.63. The average molecular weight is 326 g/mol. The van der Waals surface area contributed by atoms with Gasteiger partial charge in [-0.25, -0.2) is 9.48 Å². The van der Waals surface area contributed by atoms with Gasteiger partial charge in [0.1, 0.15) is 12.4 Å². The summed E-state index contributed by atoms with van der Waals surface area (Å²) in [4.78, 5) is 17.0. The monoisotopic (exact) mass is 326 g/mol. The number of carbonyl (C=O) groups is 1. The lowest BCUT2D eigenvalue weighted by atomic mass is 9.92. The van der Waals surface area contributed by atoms with Crippen molar-refractivity contribution in [3.05, 3.63) is 53.0 Å². The Labute approximate surface area is 141 Å². The molecule has 24 heavy (non-hydrogen) atoms. The number of nitrogens with zero attached hydrogens (tertiary/aromatic N) is 3. The molecule has 1 atom stereocenters. The van der Waals surface area contributed by atoms with Crippen molar-refractivity contribution in [3.8, 4) is 0 Å². The molecule has 1 unspecified atom stereocenters. The predicted molar refractivity (Wildman–Crippen MR) is 91.5 cm³/mol. The molecule has 126 valence electrons. The summed E-state index contributed by atoms with van der Waals surface area (Å²) < 4.78 is 7.22. The SMILES string of the molecule is CCCCOC(=O)C1=C(C)Nc2ncnn2C1c1ccccc1C. The van der Waals surface area contributed by atoms with E-state index in [0.717, 1.165) is 29.7 Å². The normalized spacial score (nSPS) is 16.5. The van der Waals surface area contributed by atoms with Gasteiger partial charge in [-0.05, 0) is 31.4 Å². The van der Waals surface area contributed by atoms with E-state index in [2.05, 4.69) is 22.3 Å². The van der Waals surface area contributed by atoms with Crippen LogP contribution in [-0.4, -0.2) is 27.3 Å². The highest BCUT2D eigenvalue weighted by Gasteiger charge is 2.34. The first-order valence-electron chi connectivity index (χ1n) is 8.23. The van der Waals surface area contributed by atoms with Gasteiger partial charge in [0.05, 0.1) is 12.2 Å². The van der Waals surface area contributed by atoms with E-state index in [1.165, 1.54) is 6.33 Å². The Morgan fingerprint density at radius 2 is 2.12 bits per heavy atom. The van der Waals surface area contributed by atoms with Gasteiger partial charge < -0.3 is 10.1 Å². The molecular formula is C18H22N4O2. The van der Waals surface area contributed by atoms with Crippen LogP contribution in [0.5, 0.6) is 0 Å². The molecule has 0 saturated carbocycles. The van der Waals surface area contributed by atoms with Crippen molar-refractivity contribution in [3.63, 3.8) is 0 Å². The van der Waals surface area contributed by atoms with Crippen LogP contribution < -0.4 is 5.32 Å². The van der Waals surface area contributed by atoms with Crippen molar-refractivity contribution in [1.82, 2.24) is 14.8 Å². The summed E-state index contributed by atoms with van der Waals surface area (Å²) in [7, 11) is 0. The van der Waals surface area contributed by atoms with Crippen molar-refractivity contribution < 1.29 is 9.53 Å². The lowest BCUT2D eigenvalue weighted by Gasteiger charge is -2.29. The summed E-state index contributed by atoms with van der Waals surface area (Å²) in [5.74, 6) is 0.328. The van der Waals surface area contributed by atoms with E-state index in [1.54, 1.807) is 4.68 Å². The number of anilines is 1.